The van der Waals surface area contributed by atoms with Gasteiger partial charge in [-0.1, -0.05) is 72.6 Å². The first-order chi connectivity index (χ1) is 14.2. The second-order valence-corrected chi connectivity index (χ2v) is 9.42. The molecule has 0 fully saturated rings. The number of halogens is 1. The van der Waals surface area contributed by atoms with Crippen LogP contribution in [0.3, 0.4) is 0 Å². The van der Waals surface area contributed by atoms with Crippen molar-refractivity contribution in [2.45, 2.75) is 45.1 Å². The van der Waals surface area contributed by atoms with Gasteiger partial charge in [-0.15, -0.1) is 0 Å². The predicted molar refractivity (Wildman–Crippen MR) is 126 cm³/mol. The van der Waals surface area contributed by atoms with Crippen LogP contribution < -0.4 is 10.2 Å². The molecule has 0 aromatic heterocycles. The van der Waals surface area contributed by atoms with Gasteiger partial charge in [-0.3, -0.25) is 4.90 Å². The van der Waals surface area contributed by atoms with Gasteiger partial charge in [0.15, 0.2) is 0 Å². The van der Waals surface area contributed by atoms with E-state index in [-0.39, 0.29) is 11.4 Å². The summed E-state index contributed by atoms with van der Waals surface area (Å²) in [4.78, 5) is 15.4. The van der Waals surface area contributed by atoms with Crippen LogP contribution >= 0.6 is 11.6 Å². The molecule has 3 aromatic carbocycles. The van der Waals surface area contributed by atoms with Crippen molar-refractivity contribution in [3.63, 3.8) is 0 Å². The lowest BCUT2D eigenvalue weighted by atomic mass is 9.65. The molecule has 1 aliphatic heterocycles. The third-order valence-corrected chi connectivity index (χ3v) is 6.30. The lowest BCUT2D eigenvalue weighted by Crippen LogP contribution is -2.57. The van der Waals surface area contributed by atoms with E-state index in [1.807, 2.05) is 23.1 Å². The van der Waals surface area contributed by atoms with E-state index in [2.05, 4.69) is 75.5 Å². The molecule has 30 heavy (non-hydrogen) atoms. The van der Waals surface area contributed by atoms with Crippen LogP contribution in [0.15, 0.2) is 72.8 Å². The number of benzene rings is 3. The van der Waals surface area contributed by atoms with Crippen LogP contribution in [0, 0.1) is 6.92 Å². The number of amides is 2. The molecule has 2 amide bonds. The second kappa shape index (κ2) is 7.48. The Balaban J connectivity index is 1.82. The normalized spacial score (nSPS) is 19.8. The highest BCUT2D eigenvalue weighted by atomic mass is 35.5. The van der Waals surface area contributed by atoms with E-state index in [0.717, 1.165) is 12.1 Å². The van der Waals surface area contributed by atoms with Crippen molar-refractivity contribution < 1.29 is 4.79 Å². The van der Waals surface area contributed by atoms with Gasteiger partial charge in [0.25, 0.3) is 0 Å². The fourth-order valence-electron chi connectivity index (χ4n) is 4.85. The summed E-state index contributed by atoms with van der Waals surface area (Å²) in [6.45, 7) is 8.65. The molecule has 0 spiro atoms. The first-order valence-electron chi connectivity index (χ1n) is 10.2. The molecule has 0 aliphatic carbocycles. The van der Waals surface area contributed by atoms with Crippen LogP contribution in [0.2, 0.25) is 5.02 Å². The van der Waals surface area contributed by atoms with Crippen LogP contribution in [0.5, 0.6) is 0 Å². The van der Waals surface area contributed by atoms with Crippen molar-refractivity contribution >= 4 is 29.0 Å². The summed E-state index contributed by atoms with van der Waals surface area (Å²) in [5.41, 5.74) is 4.67. The van der Waals surface area contributed by atoms with E-state index in [9.17, 15) is 4.79 Å². The first kappa shape index (κ1) is 20.5. The Labute approximate surface area is 183 Å². The van der Waals surface area contributed by atoms with Gasteiger partial charge in [-0.05, 0) is 62.6 Å². The number of rotatable bonds is 2. The van der Waals surface area contributed by atoms with Crippen molar-refractivity contribution in [1.82, 2.24) is 0 Å². The number of carbonyl (C=O) groups excluding carboxylic acids is 1. The summed E-state index contributed by atoms with van der Waals surface area (Å²) in [6.07, 6.45) is 0.809. The Morgan fingerprint density at radius 1 is 0.967 bits per heavy atom. The fraction of sp³-hybridized carbons (Fsp3) is 0.269. The van der Waals surface area contributed by atoms with Crippen molar-refractivity contribution in [2.75, 3.05) is 10.2 Å². The maximum absolute atomic E-state index is 13.5. The van der Waals surface area contributed by atoms with Gasteiger partial charge >= 0.3 is 6.03 Å². The molecular formula is C26H27ClN2O. The second-order valence-electron chi connectivity index (χ2n) is 8.98. The monoisotopic (exact) mass is 418 g/mol. The van der Waals surface area contributed by atoms with E-state index < -0.39 is 5.54 Å². The Hall–Kier alpha value is -2.78. The molecule has 0 saturated carbocycles. The zero-order chi connectivity index (χ0) is 21.5. The molecule has 4 heteroatoms. The number of hydrogen-bond acceptors (Lipinski definition) is 1. The van der Waals surface area contributed by atoms with Gasteiger partial charge in [-0.2, -0.15) is 0 Å². The molecule has 0 bridgehead atoms. The number of nitrogens with one attached hydrogen (secondary N) is 1. The Kier molecular flexibility index (Phi) is 5.11. The van der Waals surface area contributed by atoms with Gasteiger partial charge in [0.05, 0.1) is 5.69 Å². The predicted octanol–water partition coefficient (Wildman–Crippen LogP) is 7.18. The Morgan fingerprint density at radius 3 is 2.40 bits per heavy atom. The number of carbonyl (C=O) groups is 1. The van der Waals surface area contributed by atoms with E-state index in [1.165, 1.54) is 16.7 Å². The van der Waals surface area contributed by atoms with E-state index in [0.29, 0.717) is 10.7 Å². The summed E-state index contributed by atoms with van der Waals surface area (Å²) in [5, 5.41) is 3.63. The summed E-state index contributed by atoms with van der Waals surface area (Å²) >= 11 is 6.11. The molecule has 0 radical (unpaired) electrons. The minimum Gasteiger partial charge on any atom is -0.307 e. The number of hydrogen-bond donors (Lipinski definition) is 1. The van der Waals surface area contributed by atoms with Crippen LogP contribution in [-0.4, -0.2) is 11.6 Å². The zero-order valence-electron chi connectivity index (χ0n) is 17.9. The van der Waals surface area contributed by atoms with Gasteiger partial charge < -0.3 is 5.32 Å². The molecule has 0 saturated heterocycles. The molecule has 1 atom stereocenters. The third kappa shape index (κ3) is 3.59. The minimum atomic E-state index is -0.393. The maximum Gasteiger partial charge on any atom is 0.326 e. The smallest absolute Gasteiger partial charge is 0.307 e. The van der Waals surface area contributed by atoms with E-state index in [1.54, 1.807) is 12.1 Å². The molecule has 3 aromatic rings. The highest BCUT2D eigenvalue weighted by Gasteiger charge is 2.47. The number of aryl methyl sites for hydroxylation is 1. The van der Waals surface area contributed by atoms with Gasteiger partial charge in [0.2, 0.25) is 0 Å². The largest absolute Gasteiger partial charge is 0.326 e. The lowest BCUT2D eigenvalue weighted by molar-refractivity contribution is 0.243. The average Bonchev–Trinajstić information content (AvgIpc) is 2.68. The highest BCUT2D eigenvalue weighted by Crippen LogP contribution is 2.50. The molecule has 4 rings (SSSR count). The number of anilines is 2. The molecular weight excluding hydrogens is 392 g/mol. The van der Waals surface area contributed by atoms with Gasteiger partial charge in [-0.25, -0.2) is 4.79 Å². The molecule has 1 aliphatic rings. The summed E-state index contributed by atoms with van der Waals surface area (Å²) in [6, 6.07) is 24.0. The van der Waals surface area contributed by atoms with Gasteiger partial charge in [0.1, 0.15) is 0 Å². The number of urea groups is 1. The quantitative estimate of drug-likeness (QED) is 0.469. The lowest BCUT2D eigenvalue weighted by Gasteiger charge is -2.51. The Bertz CT molecular complexity index is 1090. The maximum atomic E-state index is 13.5. The average molecular weight is 419 g/mol. The Morgan fingerprint density at radius 2 is 1.70 bits per heavy atom. The van der Waals surface area contributed by atoms with Crippen molar-refractivity contribution in [2.24, 2.45) is 0 Å². The first-order valence-corrected chi connectivity index (χ1v) is 10.6. The van der Waals surface area contributed by atoms with E-state index >= 15 is 0 Å². The van der Waals surface area contributed by atoms with Crippen LogP contribution in [-0.2, 0) is 5.41 Å². The summed E-state index contributed by atoms with van der Waals surface area (Å²) in [7, 11) is 0. The van der Waals surface area contributed by atoms with Crippen LogP contribution in [0.25, 0.3) is 0 Å². The number of fused-ring (bicyclic) bond motifs is 1. The van der Waals surface area contributed by atoms with Crippen molar-refractivity contribution in [1.29, 1.82) is 0 Å². The zero-order valence-corrected chi connectivity index (χ0v) is 18.6. The molecule has 1 heterocycles. The molecule has 3 nitrogen and oxygen atoms in total. The highest BCUT2D eigenvalue weighted by molar-refractivity contribution is 6.30. The SMILES string of the molecule is Cc1ccc2c(c1)C(C)(c1ccccc1)CC(C)(C)N2C(=O)Nc1cccc(Cl)c1. The van der Waals surface area contributed by atoms with Crippen LogP contribution in [0.1, 0.15) is 43.9 Å². The van der Waals surface area contributed by atoms with Crippen molar-refractivity contribution in [3.05, 3.63) is 94.5 Å². The molecule has 1 unspecified atom stereocenters. The third-order valence-electron chi connectivity index (χ3n) is 6.07. The summed E-state index contributed by atoms with van der Waals surface area (Å²) in [5.74, 6) is 0. The van der Waals surface area contributed by atoms with Gasteiger partial charge in [0, 0.05) is 21.7 Å². The van der Waals surface area contributed by atoms with Crippen molar-refractivity contribution in [3.8, 4) is 0 Å². The molecule has 154 valence electrons. The summed E-state index contributed by atoms with van der Waals surface area (Å²) < 4.78 is 0. The van der Waals surface area contributed by atoms with Crippen LogP contribution in [0.4, 0.5) is 16.2 Å². The topological polar surface area (TPSA) is 32.3 Å². The molecule has 1 N–H and O–H groups in total. The van der Waals surface area contributed by atoms with E-state index in [4.69, 9.17) is 11.6 Å². The number of nitrogens with zero attached hydrogens (tertiary/aromatic N) is 1. The fourth-order valence-corrected chi connectivity index (χ4v) is 5.04. The minimum absolute atomic E-state index is 0.150. The standard InChI is InChI=1S/C26H27ClN2O/c1-18-13-14-23-22(15-18)26(4,19-9-6-5-7-10-19)17-25(2,3)29(23)24(30)28-21-12-8-11-20(27)16-21/h5-16H,17H2,1-4H3,(H,28,30).